The van der Waals surface area contributed by atoms with Gasteiger partial charge in [0.05, 0.1) is 0 Å². The molecule has 8 bridgehead atoms. The Morgan fingerprint density at radius 1 is 0.408 bits per heavy atom. The summed E-state index contributed by atoms with van der Waals surface area (Å²) in [5, 5.41) is 38.0. The van der Waals surface area contributed by atoms with Crippen LogP contribution >= 0.6 is 0 Å². The van der Waals surface area contributed by atoms with Crippen molar-refractivity contribution in [1.29, 1.82) is 0 Å². The first-order chi connectivity index (χ1) is 23.2. The second-order valence-electron chi connectivity index (χ2n) is 13.4. The lowest BCUT2D eigenvalue weighted by Crippen LogP contribution is -2.04. The third kappa shape index (κ3) is 7.84. The van der Waals surface area contributed by atoms with E-state index in [9.17, 15) is 39.6 Å². The monoisotopic (exact) mass is 674 g/mol. The highest BCUT2D eigenvalue weighted by Gasteiger charge is 2.25. The SMILES string of the molecule is Cc1c2[nH]c(c1CCCC(=O)O)Cc1[nH]c(c(CCC(=O)O)c1C)Cc1[nH]c(c(CCC(=O)O)c1C)Cc1[nH]c(c(C)c1CCC(=O)O)C2. The van der Waals surface area contributed by atoms with Crippen LogP contribution in [0.3, 0.4) is 0 Å². The van der Waals surface area contributed by atoms with Gasteiger partial charge in [-0.2, -0.15) is 0 Å². The van der Waals surface area contributed by atoms with Gasteiger partial charge in [-0.05, 0) is 104 Å². The van der Waals surface area contributed by atoms with Crippen molar-refractivity contribution in [2.45, 2.75) is 111 Å². The molecule has 5 heterocycles. The fourth-order valence-corrected chi connectivity index (χ4v) is 7.52. The van der Waals surface area contributed by atoms with Crippen LogP contribution in [0, 0.1) is 27.7 Å². The van der Waals surface area contributed by atoms with Crippen LogP contribution in [0.2, 0.25) is 0 Å². The smallest absolute Gasteiger partial charge is 0.303 e. The molecule has 1 aliphatic rings. The lowest BCUT2D eigenvalue weighted by atomic mass is 9.96. The Morgan fingerprint density at radius 3 is 0.939 bits per heavy atom. The van der Waals surface area contributed by atoms with E-state index in [0.717, 1.165) is 90.1 Å². The zero-order valence-electron chi connectivity index (χ0n) is 28.6. The predicted octanol–water partition coefficient (Wildman–Crippen LogP) is 5.37. The minimum Gasteiger partial charge on any atom is -0.481 e. The van der Waals surface area contributed by atoms with Crippen molar-refractivity contribution in [2.24, 2.45) is 0 Å². The van der Waals surface area contributed by atoms with Gasteiger partial charge in [0.15, 0.2) is 0 Å². The molecule has 0 aromatic carbocycles. The van der Waals surface area contributed by atoms with Crippen molar-refractivity contribution in [2.75, 3.05) is 0 Å². The average Bonchev–Trinajstić information content (AvgIpc) is 3.67. The van der Waals surface area contributed by atoms with Crippen LogP contribution in [0.15, 0.2) is 0 Å². The van der Waals surface area contributed by atoms with E-state index in [2.05, 4.69) is 19.9 Å². The molecule has 1 aliphatic heterocycles. The normalized spacial score (nSPS) is 12.7. The number of aliphatic carboxylic acids is 4. The summed E-state index contributed by atoms with van der Waals surface area (Å²) < 4.78 is 0. The summed E-state index contributed by atoms with van der Waals surface area (Å²) in [7, 11) is 0. The average molecular weight is 675 g/mol. The maximum absolute atomic E-state index is 11.7. The molecule has 4 aromatic rings. The van der Waals surface area contributed by atoms with Crippen LogP contribution in [0.25, 0.3) is 0 Å². The number of aromatic amines is 4. The van der Waals surface area contributed by atoms with Gasteiger partial charge in [-0.1, -0.05) is 0 Å². The molecule has 0 saturated carbocycles. The molecule has 0 atom stereocenters. The number of carbonyl (C=O) groups is 4. The molecule has 0 amide bonds. The molecule has 5 rings (SSSR count). The lowest BCUT2D eigenvalue weighted by Gasteiger charge is -2.07. The fourth-order valence-electron chi connectivity index (χ4n) is 7.52. The Bertz CT molecular complexity index is 1920. The Morgan fingerprint density at radius 2 is 0.653 bits per heavy atom. The molecule has 0 unspecified atom stereocenters. The highest BCUT2D eigenvalue weighted by molar-refractivity contribution is 5.68. The lowest BCUT2D eigenvalue weighted by molar-refractivity contribution is -0.138. The van der Waals surface area contributed by atoms with E-state index in [0.29, 0.717) is 57.8 Å². The van der Waals surface area contributed by atoms with Crippen molar-refractivity contribution in [3.05, 3.63) is 90.1 Å². The molecule has 8 N–H and O–H groups in total. The van der Waals surface area contributed by atoms with Gasteiger partial charge >= 0.3 is 23.9 Å². The van der Waals surface area contributed by atoms with E-state index in [4.69, 9.17) is 0 Å². The Balaban J connectivity index is 1.70. The van der Waals surface area contributed by atoms with Crippen LogP contribution in [0.4, 0.5) is 0 Å². The summed E-state index contributed by atoms with van der Waals surface area (Å²) in [5.74, 6) is -3.51. The molecule has 0 radical (unpaired) electrons. The van der Waals surface area contributed by atoms with E-state index < -0.39 is 23.9 Å². The van der Waals surface area contributed by atoms with E-state index in [-0.39, 0.29) is 25.7 Å². The maximum Gasteiger partial charge on any atom is 0.303 e. The van der Waals surface area contributed by atoms with Crippen LogP contribution in [-0.2, 0) is 70.5 Å². The van der Waals surface area contributed by atoms with Gasteiger partial charge < -0.3 is 40.4 Å². The number of hydrogen-bond donors (Lipinski definition) is 8. The summed E-state index contributed by atoms with van der Waals surface area (Å²) in [5.41, 5.74) is 15.3. The minimum absolute atomic E-state index is 0.0242. The molecule has 49 heavy (non-hydrogen) atoms. The number of carboxylic acid groups (broad SMARTS) is 4. The van der Waals surface area contributed by atoms with Crippen LogP contribution in [0.1, 0.15) is 122 Å². The Labute approximate surface area is 284 Å². The van der Waals surface area contributed by atoms with Gasteiger partial charge in [-0.25, -0.2) is 0 Å². The number of H-pyrrole nitrogens is 4. The number of carboxylic acids is 4. The molecule has 12 heteroatoms. The van der Waals surface area contributed by atoms with Crippen LogP contribution in [-0.4, -0.2) is 64.2 Å². The topological polar surface area (TPSA) is 212 Å². The second kappa shape index (κ2) is 14.6. The zero-order valence-corrected chi connectivity index (χ0v) is 28.6. The summed E-state index contributed by atoms with van der Waals surface area (Å²) >= 11 is 0. The summed E-state index contributed by atoms with van der Waals surface area (Å²) in [6, 6.07) is 0. The third-order valence-corrected chi connectivity index (χ3v) is 10.3. The highest BCUT2D eigenvalue weighted by atomic mass is 16.4. The molecule has 0 aliphatic carbocycles. The first kappa shape index (κ1) is 35.3. The molecular weight excluding hydrogens is 628 g/mol. The van der Waals surface area contributed by atoms with Gasteiger partial charge in [-0.15, -0.1) is 0 Å². The van der Waals surface area contributed by atoms with Crippen molar-refractivity contribution < 1.29 is 39.6 Å². The van der Waals surface area contributed by atoms with Crippen molar-refractivity contribution in [3.63, 3.8) is 0 Å². The number of rotatable bonds is 13. The quantitative estimate of drug-likeness (QED) is 0.0811. The molecule has 262 valence electrons. The number of hydrogen-bond acceptors (Lipinski definition) is 4. The molecule has 0 saturated heterocycles. The maximum atomic E-state index is 11.7. The Hall–Kier alpha value is -5.00. The van der Waals surface area contributed by atoms with Gasteiger partial charge in [0.25, 0.3) is 0 Å². The van der Waals surface area contributed by atoms with E-state index in [1.807, 2.05) is 27.7 Å². The van der Waals surface area contributed by atoms with E-state index >= 15 is 0 Å². The largest absolute Gasteiger partial charge is 0.481 e. The Kier molecular flexibility index (Phi) is 10.5. The fraction of sp³-hybridized carbons (Fsp3) is 0.459. The predicted molar refractivity (Wildman–Crippen MR) is 182 cm³/mol. The van der Waals surface area contributed by atoms with Crippen LogP contribution in [0.5, 0.6) is 0 Å². The van der Waals surface area contributed by atoms with Gasteiger partial charge in [-0.3, -0.25) is 19.2 Å². The second-order valence-corrected chi connectivity index (χ2v) is 13.4. The van der Waals surface area contributed by atoms with E-state index in [1.54, 1.807) is 0 Å². The molecule has 12 nitrogen and oxygen atoms in total. The van der Waals surface area contributed by atoms with Gasteiger partial charge in [0.2, 0.25) is 0 Å². The molecular formula is C37H46N4O8. The van der Waals surface area contributed by atoms with Crippen molar-refractivity contribution >= 4 is 23.9 Å². The molecule has 0 fully saturated rings. The van der Waals surface area contributed by atoms with Crippen molar-refractivity contribution in [3.8, 4) is 0 Å². The molecule has 4 aromatic heterocycles. The number of aromatic nitrogens is 4. The third-order valence-electron chi connectivity index (χ3n) is 10.3. The number of fused-ring (bicyclic) bond motifs is 8. The first-order valence-corrected chi connectivity index (χ1v) is 16.9. The standard InChI is InChI=1S/C37H46N4O8/c1-18-22(6-5-7-34(42)43)30-15-28-20(3)23(8-11-35(44)45)31(40-28)16-29-21(4)25(10-13-37(48)49)33(41-29)17-32-24(9-12-36(46)47)19(2)27(39-32)14-26(18)38-30/h38-41H,5-17H2,1-4H3,(H,42,43)(H,44,45)(H,46,47)(H,48,49). The summed E-state index contributed by atoms with van der Waals surface area (Å²) in [6.07, 6.45) is 4.02. The minimum atomic E-state index is -0.893. The van der Waals surface area contributed by atoms with Gasteiger partial charge in [0.1, 0.15) is 0 Å². The summed E-state index contributed by atoms with van der Waals surface area (Å²) in [4.78, 5) is 60.9. The zero-order chi connectivity index (χ0) is 35.6. The van der Waals surface area contributed by atoms with E-state index in [1.165, 1.54) is 0 Å². The van der Waals surface area contributed by atoms with Crippen molar-refractivity contribution in [1.82, 2.24) is 19.9 Å². The summed E-state index contributed by atoms with van der Waals surface area (Å²) in [6.45, 7) is 8.05. The van der Waals surface area contributed by atoms with Crippen LogP contribution < -0.4 is 0 Å². The van der Waals surface area contributed by atoms with Gasteiger partial charge in [0, 0.05) is 96.9 Å². The highest BCUT2D eigenvalue weighted by Crippen LogP contribution is 2.33. The first-order valence-electron chi connectivity index (χ1n) is 16.9. The number of nitrogens with one attached hydrogen (secondary N) is 4. The molecule has 0 spiro atoms.